The standard InChI is InChI=1S/C14H19N3O3S/c1-10-13(7-8-15)14(17(2)16-10)20-11-5-4-6-12(9-11)21(3,18)19/h4-6,9H,7-8,15H2,1-3H3. The molecule has 0 radical (unpaired) electrons. The van der Waals surface area contributed by atoms with Gasteiger partial charge >= 0.3 is 0 Å². The highest BCUT2D eigenvalue weighted by Gasteiger charge is 2.16. The molecule has 0 spiro atoms. The van der Waals surface area contributed by atoms with Crippen LogP contribution in [0.3, 0.4) is 0 Å². The van der Waals surface area contributed by atoms with Crippen LogP contribution in [0, 0.1) is 6.92 Å². The van der Waals surface area contributed by atoms with Crippen LogP contribution in [0.5, 0.6) is 11.6 Å². The summed E-state index contributed by atoms with van der Waals surface area (Å²) in [5.41, 5.74) is 7.40. The minimum absolute atomic E-state index is 0.222. The first-order valence-corrected chi connectivity index (χ1v) is 8.42. The van der Waals surface area contributed by atoms with E-state index >= 15 is 0 Å². The van der Waals surface area contributed by atoms with Crippen molar-refractivity contribution in [3.05, 3.63) is 35.5 Å². The van der Waals surface area contributed by atoms with E-state index in [1.165, 1.54) is 18.4 Å². The number of benzene rings is 1. The van der Waals surface area contributed by atoms with Crippen LogP contribution >= 0.6 is 0 Å². The van der Waals surface area contributed by atoms with Crippen molar-refractivity contribution >= 4 is 9.84 Å². The third-order valence-electron chi connectivity index (χ3n) is 3.13. The van der Waals surface area contributed by atoms with E-state index in [0.29, 0.717) is 24.6 Å². The van der Waals surface area contributed by atoms with Gasteiger partial charge < -0.3 is 10.5 Å². The van der Waals surface area contributed by atoms with Crippen LogP contribution in [-0.2, 0) is 23.3 Å². The first-order chi connectivity index (χ1) is 9.82. The maximum atomic E-state index is 11.6. The molecule has 7 heteroatoms. The second kappa shape index (κ2) is 5.87. The highest BCUT2D eigenvalue weighted by Crippen LogP contribution is 2.28. The van der Waals surface area contributed by atoms with Crippen LogP contribution < -0.4 is 10.5 Å². The monoisotopic (exact) mass is 309 g/mol. The summed E-state index contributed by atoms with van der Waals surface area (Å²) in [5.74, 6) is 1.04. The van der Waals surface area contributed by atoms with E-state index in [9.17, 15) is 8.42 Å². The van der Waals surface area contributed by atoms with Crippen molar-refractivity contribution in [3.8, 4) is 11.6 Å². The number of sulfone groups is 1. The average Bonchev–Trinajstić information content (AvgIpc) is 2.66. The SMILES string of the molecule is Cc1nn(C)c(Oc2cccc(S(C)(=O)=O)c2)c1CCN. The van der Waals surface area contributed by atoms with Gasteiger partial charge in [0.2, 0.25) is 5.88 Å². The van der Waals surface area contributed by atoms with Gasteiger partial charge in [-0.1, -0.05) is 6.07 Å². The fraction of sp³-hybridized carbons (Fsp3) is 0.357. The zero-order valence-electron chi connectivity index (χ0n) is 12.3. The summed E-state index contributed by atoms with van der Waals surface area (Å²) in [6.07, 6.45) is 1.82. The van der Waals surface area contributed by atoms with Crippen molar-refractivity contribution in [1.29, 1.82) is 0 Å². The lowest BCUT2D eigenvalue weighted by Gasteiger charge is -2.09. The number of ether oxygens (including phenoxy) is 1. The molecule has 1 aromatic carbocycles. The Bertz CT molecular complexity index is 751. The van der Waals surface area contributed by atoms with Crippen LogP contribution in [0.1, 0.15) is 11.3 Å². The van der Waals surface area contributed by atoms with E-state index in [1.807, 2.05) is 6.92 Å². The minimum Gasteiger partial charge on any atom is -0.439 e. The van der Waals surface area contributed by atoms with Gasteiger partial charge in [-0.25, -0.2) is 13.1 Å². The Labute approximate surface area is 124 Å². The van der Waals surface area contributed by atoms with Gasteiger partial charge in [-0.15, -0.1) is 0 Å². The van der Waals surface area contributed by atoms with E-state index in [-0.39, 0.29) is 4.90 Å². The molecular formula is C14H19N3O3S. The van der Waals surface area contributed by atoms with Gasteiger partial charge in [0.15, 0.2) is 9.84 Å². The molecule has 0 bridgehead atoms. The summed E-state index contributed by atoms with van der Waals surface area (Å²) >= 11 is 0. The topological polar surface area (TPSA) is 87.2 Å². The van der Waals surface area contributed by atoms with Gasteiger partial charge in [-0.05, 0) is 38.1 Å². The number of hydrogen-bond acceptors (Lipinski definition) is 5. The lowest BCUT2D eigenvalue weighted by Crippen LogP contribution is -2.05. The van der Waals surface area contributed by atoms with Crippen molar-refractivity contribution in [2.45, 2.75) is 18.2 Å². The quantitative estimate of drug-likeness (QED) is 0.902. The smallest absolute Gasteiger partial charge is 0.221 e. The van der Waals surface area contributed by atoms with E-state index in [4.69, 9.17) is 10.5 Å². The van der Waals surface area contributed by atoms with Crippen LogP contribution in [0.25, 0.3) is 0 Å². The van der Waals surface area contributed by atoms with E-state index in [0.717, 1.165) is 11.3 Å². The molecule has 1 heterocycles. The van der Waals surface area contributed by atoms with Crippen LogP contribution in [0.15, 0.2) is 29.2 Å². The molecule has 0 aliphatic rings. The fourth-order valence-electron chi connectivity index (χ4n) is 2.12. The molecule has 1 aromatic heterocycles. The Balaban J connectivity index is 2.39. The minimum atomic E-state index is -3.27. The van der Waals surface area contributed by atoms with Crippen LogP contribution in [0.4, 0.5) is 0 Å². The number of hydrogen-bond donors (Lipinski definition) is 1. The molecule has 6 nitrogen and oxygen atoms in total. The van der Waals surface area contributed by atoms with Crippen LogP contribution in [0.2, 0.25) is 0 Å². The second-order valence-corrected chi connectivity index (χ2v) is 6.90. The molecule has 114 valence electrons. The normalized spacial score (nSPS) is 11.6. The zero-order chi connectivity index (χ0) is 15.6. The first kappa shape index (κ1) is 15.5. The summed E-state index contributed by atoms with van der Waals surface area (Å²) in [6, 6.07) is 6.40. The Hall–Kier alpha value is -1.86. The number of nitrogens with two attached hydrogens (primary N) is 1. The van der Waals surface area contributed by atoms with Gasteiger partial charge in [0.05, 0.1) is 10.6 Å². The molecule has 0 unspecified atom stereocenters. The average molecular weight is 309 g/mol. The van der Waals surface area contributed by atoms with Gasteiger partial charge in [0, 0.05) is 18.9 Å². The first-order valence-electron chi connectivity index (χ1n) is 6.53. The van der Waals surface area contributed by atoms with Crippen molar-refractivity contribution in [3.63, 3.8) is 0 Å². The largest absolute Gasteiger partial charge is 0.439 e. The van der Waals surface area contributed by atoms with E-state index in [1.54, 1.807) is 23.9 Å². The predicted molar refractivity (Wildman–Crippen MR) is 80.3 cm³/mol. The fourth-order valence-corrected chi connectivity index (χ4v) is 2.78. The van der Waals surface area contributed by atoms with Crippen molar-refractivity contribution < 1.29 is 13.2 Å². The van der Waals surface area contributed by atoms with Gasteiger partial charge in [-0.2, -0.15) is 5.10 Å². The Morgan fingerprint density at radius 1 is 1.38 bits per heavy atom. The molecule has 0 atom stereocenters. The third-order valence-corrected chi connectivity index (χ3v) is 4.24. The molecule has 0 saturated carbocycles. The van der Waals surface area contributed by atoms with Crippen molar-refractivity contribution in [1.82, 2.24) is 9.78 Å². The third kappa shape index (κ3) is 3.43. The van der Waals surface area contributed by atoms with Gasteiger partial charge in [-0.3, -0.25) is 0 Å². The summed E-state index contributed by atoms with van der Waals surface area (Å²) < 4.78 is 30.6. The predicted octanol–water partition coefficient (Wildman–Crippen LogP) is 1.43. The summed E-state index contributed by atoms with van der Waals surface area (Å²) in [5, 5.41) is 4.31. The van der Waals surface area contributed by atoms with Crippen molar-refractivity contribution in [2.24, 2.45) is 12.8 Å². The van der Waals surface area contributed by atoms with E-state index < -0.39 is 9.84 Å². The summed E-state index contributed by atoms with van der Waals surface area (Å²) in [4.78, 5) is 0.222. The number of nitrogens with zero attached hydrogens (tertiary/aromatic N) is 2. The molecular weight excluding hydrogens is 290 g/mol. The van der Waals surface area contributed by atoms with Gasteiger partial charge in [0.25, 0.3) is 0 Å². The molecule has 21 heavy (non-hydrogen) atoms. The molecule has 2 rings (SSSR count). The highest BCUT2D eigenvalue weighted by atomic mass is 32.2. The highest BCUT2D eigenvalue weighted by molar-refractivity contribution is 7.90. The maximum absolute atomic E-state index is 11.6. The second-order valence-electron chi connectivity index (χ2n) is 4.88. The molecule has 0 saturated heterocycles. The maximum Gasteiger partial charge on any atom is 0.221 e. The molecule has 0 aliphatic carbocycles. The molecule has 0 amide bonds. The number of aryl methyl sites for hydroxylation is 2. The lowest BCUT2D eigenvalue weighted by atomic mass is 10.2. The molecule has 0 aliphatic heterocycles. The lowest BCUT2D eigenvalue weighted by molar-refractivity contribution is 0.424. The molecule has 2 aromatic rings. The summed E-state index contributed by atoms with van der Waals surface area (Å²) in [7, 11) is -1.48. The Morgan fingerprint density at radius 3 is 2.71 bits per heavy atom. The van der Waals surface area contributed by atoms with Crippen LogP contribution in [-0.4, -0.2) is 31.0 Å². The molecule has 2 N–H and O–H groups in total. The van der Waals surface area contributed by atoms with Crippen molar-refractivity contribution in [2.75, 3.05) is 12.8 Å². The Kier molecular flexibility index (Phi) is 4.34. The number of rotatable bonds is 5. The zero-order valence-corrected chi connectivity index (χ0v) is 13.1. The Morgan fingerprint density at radius 2 is 2.10 bits per heavy atom. The number of aromatic nitrogens is 2. The summed E-state index contributed by atoms with van der Waals surface area (Å²) in [6.45, 7) is 2.39. The van der Waals surface area contributed by atoms with Gasteiger partial charge in [0.1, 0.15) is 5.75 Å². The molecule has 0 fully saturated rings. The van der Waals surface area contributed by atoms with E-state index in [2.05, 4.69) is 5.10 Å².